The maximum absolute atomic E-state index is 8.65. The monoisotopic (exact) mass is 131 g/mol. The summed E-state index contributed by atoms with van der Waals surface area (Å²) in [6, 6.07) is 0.446. The Bertz CT molecular complexity index is 87.1. The second-order valence-electron chi connectivity index (χ2n) is 2.54. The molecule has 0 amide bonds. The van der Waals surface area contributed by atoms with E-state index in [-0.39, 0.29) is 12.7 Å². The van der Waals surface area contributed by atoms with Crippen molar-refractivity contribution in [1.82, 2.24) is 5.06 Å². The van der Waals surface area contributed by atoms with Crippen molar-refractivity contribution < 1.29 is 9.94 Å². The molecule has 3 heteroatoms. The van der Waals surface area contributed by atoms with Gasteiger partial charge < -0.3 is 5.11 Å². The van der Waals surface area contributed by atoms with Crippen LogP contribution in [0.2, 0.25) is 0 Å². The molecule has 3 nitrogen and oxygen atoms in total. The molecule has 54 valence electrons. The minimum absolute atomic E-state index is 0.0324. The van der Waals surface area contributed by atoms with Gasteiger partial charge in [-0.15, -0.1) is 0 Å². The number of hydroxylamine groups is 2. The van der Waals surface area contributed by atoms with Crippen LogP contribution >= 0.6 is 0 Å². The molecule has 0 bridgehead atoms. The van der Waals surface area contributed by atoms with E-state index in [1.165, 1.54) is 0 Å². The average molecular weight is 131 g/mol. The summed E-state index contributed by atoms with van der Waals surface area (Å²) in [5.41, 5.74) is 0. The molecule has 1 saturated heterocycles. The molecule has 0 aromatic carbocycles. The number of rotatable bonds is 1. The van der Waals surface area contributed by atoms with Gasteiger partial charge in [0, 0.05) is 13.1 Å². The molecule has 9 heavy (non-hydrogen) atoms. The van der Waals surface area contributed by atoms with Crippen molar-refractivity contribution in [1.29, 1.82) is 0 Å². The summed E-state index contributed by atoms with van der Waals surface area (Å²) in [5.74, 6) is 0. The molecule has 1 fully saturated rings. The van der Waals surface area contributed by atoms with Crippen molar-refractivity contribution in [2.75, 3.05) is 13.7 Å². The number of nitrogens with zero attached hydrogens (tertiary/aromatic N) is 1. The van der Waals surface area contributed by atoms with Gasteiger partial charge in [0.05, 0.1) is 6.61 Å². The molecule has 1 N–H and O–H groups in total. The highest BCUT2D eigenvalue weighted by atomic mass is 16.7. The Kier molecular flexibility index (Phi) is 2.05. The van der Waals surface area contributed by atoms with Crippen molar-refractivity contribution in [2.45, 2.75) is 25.5 Å². The predicted octanol–water partition coefficient (Wildman–Crippen LogP) is 0.00290. The van der Waals surface area contributed by atoms with Crippen molar-refractivity contribution >= 4 is 0 Å². The van der Waals surface area contributed by atoms with Gasteiger partial charge in [-0.3, -0.25) is 4.84 Å². The first-order valence-electron chi connectivity index (χ1n) is 3.24. The molecule has 1 heterocycles. The third-order valence-corrected chi connectivity index (χ3v) is 1.74. The highest BCUT2D eigenvalue weighted by Crippen LogP contribution is 2.17. The third kappa shape index (κ3) is 1.41. The fraction of sp³-hybridized carbons (Fsp3) is 1.00. The predicted molar refractivity (Wildman–Crippen MR) is 33.8 cm³/mol. The van der Waals surface area contributed by atoms with Crippen LogP contribution in [0.25, 0.3) is 0 Å². The minimum atomic E-state index is 0.0324. The van der Waals surface area contributed by atoms with Gasteiger partial charge in [-0.05, 0) is 13.3 Å². The zero-order valence-corrected chi connectivity index (χ0v) is 5.87. The first-order valence-corrected chi connectivity index (χ1v) is 3.24. The number of aliphatic hydroxyl groups is 1. The van der Waals surface area contributed by atoms with E-state index in [2.05, 4.69) is 6.92 Å². The highest BCUT2D eigenvalue weighted by molar-refractivity contribution is 4.70. The largest absolute Gasteiger partial charge is 0.394 e. The Balaban J connectivity index is 2.35. The summed E-state index contributed by atoms with van der Waals surface area (Å²) < 4.78 is 0. The molecule has 0 radical (unpaired) electrons. The molecule has 1 rings (SSSR count). The van der Waals surface area contributed by atoms with E-state index in [0.29, 0.717) is 6.04 Å². The number of hydrogen-bond donors (Lipinski definition) is 1. The summed E-state index contributed by atoms with van der Waals surface area (Å²) in [4.78, 5) is 5.21. The Morgan fingerprint density at radius 3 is 2.67 bits per heavy atom. The van der Waals surface area contributed by atoms with Gasteiger partial charge in [0.1, 0.15) is 6.10 Å². The van der Waals surface area contributed by atoms with E-state index >= 15 is 0 Å². The number of aliphatic hydroxyl groups excluding tert-OH is 1. The molecule has 1 aliphatic rings. The van der Waals surface area contributed by atoms with E-state index in [9.17, 15) is 0 Å². The molecule has 0 saturated carbocycles. The summed E-state index contributed by atoms with van der Waals surface area (Å²) >= 11 is 0. The quantitative estimate of drug-likeness (QED) is 0.544. The van der Waals surface area contributed by atoms with Gasteiger partial charge in [-0.1, -0.05) is 0 Å². The Morgan fingerprint density at radius 2 is 2.44 bits per heavy atom. The lowest BCUT2D eigenvalue weighted by atomic mass is 10.2. The summed E-state index contributed by atoms with van der Waals surface area (Å²) in [7, 11) is 1.89. The lowest BCUT2D eigenvalue weighted by Gasteiger charge is -2.11. The molecule has 2 unspecified atom stereocenters. The van der Waals surface area contributed by atoms with E-state index in [1.54, 1.807) is 5.06 Å². The smallest absolute Gasteiger partial charge is 0.104 e. The van der Waals surface area contributed by atoms with Crippen LogP contribution in [0, 0.1) is 0 Å². The first-order chi connectivity index (χ1) is 4.24. The molecule has 2 atom stereocenters. The Morgan fingerprint density at radius 1 is 1.78 bits per heavy atom. The Hall–Kier alpha value is -0.120. The van der Waals surface area contributed by atoms with Crippen LogP contribution in [0.1, 0.15) is 13.3 Å². The number of hydrogen-bond acceptors (Lipinski definition) is 3. The van der Waals surface area contributed by atoms with E-state index in [0.717, 1.165) is 6.42 Å². The van der Waals surface area contributed by atoms with Crippen molar-refractivity contribution in [2.24, 2.45) is 0 Å². The van der Waals surface area contributed by atoms with Crippen LogP contribution in [0.4, 0.5) is 0 Å². The van der Waals surface area contributed by atoms with Gasteiger partial charge in [0.15, 0.2) is 0 Å². The van der Waals surface area contributed by atoms with Crippen molar-refractivity contribution in [3.8, 4) is 0 Å². The normalized spacial score (nSPS) is 37.7. The van der Waals surface area contributed by atoms with Gasteiger partial charge >= 0.3 is 0 Å². The maximum Gasteiger partial charge on any atom is 0.104 e. The standard InChI is InChI=1S/C6H13NO2/c1-5-3-6(4-8)9-7(5)2/h5-6,8H,3-4H2,1-2H3. The summed E-state index contributed by atoms with van der Waals surface area (Å²) in [6.07, 6.45) is 0.970. The molecule has 0 spiro atoms. The van der Waals surface area contributed by atoms with Crippen LogP contribution in [-0.2, 0) is 4.84 Å². The van der Waals surface area contributed by atoms with E-state index in [1.807, 2.05) is 7.05 Å². The van der Waals surface area contributed by atoms with Gasteiger partial charge in [-0.2, -0.15) is 5.06 Å². The zero-order chi connectivity index (χ0) is 6.85. The van der Waals surface area contributed by atoms with Crippen molar-refractivity contribution in [3.05, 3.63) is 0 Å². The fourth-order valence-corrected chi connectivity index (χ4v) is 1.02. The second-order valence-corrected chi connectivity index (χ2v) is 2.54. The van der Waals surface area contributed by atoms with Crippen LogP contribution in [-0.4, -0.2) is 36.0 Å². The fourth-order valence-electron chi connectivity index (χ4n) is 1.02. The summed E-state index contributed by atoms with van der Waals surface area (Å²) in [6.45, 7) is 2.21. The van der Waals surface area contributed by atoms with Crippen LogP contribution in [0.15, 0.2) is 0 Å². The topological polar surface area (TPSA) is 32.7 Å². The van der Waals surface area contributed by atoms with Crippen molar-refractivity contribution in [3.63, 3.8) is 0 Å². The van der Waals surface area contributed by atoms with Gasteiger partial charge in [-0.25, -0.2) is 0 Å². The molecular formula is C6H13NO2. The molecule has 1 aliphatic heterocycles. The molecular weight excluding hydrogens is 118 g/mol. The van der Waals surface area contributed by atoms with Crippen LogP contribution < -0.4 is 0 Å². The first kappa shape index (κ1) is 6.99. The Labute approximate surface area is 55.2 Å². The maximum atomic E-state index is 8.65. The molecule has 0 aromatic heterocycles. The lowest BCUT2D eigenvalue weighted by molar-refractivity contribution is -0.149. The molecule has 0 aromatic rings. The summed E-state index contributed by atoms with van der Waals surface area (Å²) in [5, 5.41) is 10.4. The van der Waals surface area contributed by atoms with E-state index in [4.69, 9.17) is 9.94 Å². The van der Waals surface area contributed by atoms with Gasteiger partial charge in [0.2, 0.25) is 0 Å². The van der Waals surface area contributed by atoms with E-state index < -0.39 is 0 Å². The minimum Gasteiger partial charge on any atom is -0.394 e. The zero-order valence-electron chi connectivity index (χ0n) is 5.87. The lowest BCUT2D eigenvalue weighted by Crippen LogP contribution is -2.20. The molecule has 0 aliphatic carbocycles. The second kappa shape index (κ2) is 2.64. The third-order valence-electron chi connectivity index (χ3n) is 1.74. The van der Waals surface area contributed by atoms with Crippen LogP contribution in [0.5, 0.6) is 0 Å². The highest BCUT2D eigenvalue weighted by Gasteiger charge is 2.26. The van der Waals surface area contributed by atoms with Gasteiger partial charge in [0.25, 0.3) is 0 Å². The SMILES string of the molecule is CC1CC(CO)ON1C. The van der Waals surface area contributed by atoms with Crippen LogP contribution in [0.3, 0.4) is 0 Å². The average Bonchev–Trinajstić information content (AvgIpc) is 2.13.